The van der Waals surface area contributed by atoms with Crippen LogP contribution in [-0.4, -0.2) is 15.7 Å². The lowest BCUT2D eigenvalue weighted by Gasteiger charge is -2.08. The van der Waals surface area contributed by atoms with Crippen molar-refractivity contribution in [3.63, 3.8) is 0 Å². The highest BCUT2D eigenvalue weighted by Gasteiger charge is 2.11. The summed E-state index contributed by atoms with van der Waals surface area (Å²) in [4.78, 5) is 12.0. The summed E-state index contributed by atoms with van der Waals surface area (Å²) in [7, 11) is 0. The molecule has 0 saturated carbocycles. The molecule has 23 heavy (non-hydrogen) atoms. The summed E-state index contributed by atoms with van der Waals surface area (Å²) in [5, 5.41) is 4.63. The fourth-order valence-electron chi connectivity index (χ4n) is 2.11. The van der Waals surface area contributed by atoms with Crippen LogP contribution in [0.25, 0.3) is 5.69 Å². The molecule has 3 aromatic rings. The van der Waals surface area contributed by atoms with E-state index in [-0.39, 0.29) is 6.61 Å². The minimum atomic E-state index is -0.477. The summed E-state index contributed by atoms with van der Waals surface area (Å²) in [6.45, 7) is 0.167. The second kappa shape index (κ2) is 6.54. The van der Waals surface area contributed by atoms with Gasteiger partial charge in [0.1, 0.15) is 6.61 Å². The van der Waals surface area contributed by atoms with Gasteiger partial charge in [0.2, 0.25) is 0 Å². The van der Waals surface area contributed by atoms with Crippen LogP contribution in [0.15, 0.2) is 60.9 Å². The van der Waals surface area contributed by atoms with Crippen molar-refractivity contribution in [2.24, 2.45) is 0 Å². The third kappa shape index (κ3) is 3.52. The molecule has 0 spiro atoms. The van der Waals surface area contributed by atoms with Crippen molar-refractivity contribution >= 4 is 23.3 Å². The number of esters is 1. The smallest absolute Gasteiger partial charge is 0.340 e. The lowest BCUT2D eigenvalue weighted by atomic mass is 10.2. The van der Waals surface area contributed by atoms with Crippen LogP contribution >= 0.6 is 11.6 Å². The molecule has 0 aliphatic heterocycles. The molecule has 5 nitrogen and oxygen atoms in total. The summed E-state index contributed by atoms with van der Waals surface area (Å²) >= 11 is 5.81. The normalized spacial score (nSPS) is 10.5. The van der Waals surface area contributed by atoms with Gasteiger partial charge in [-0.3, -0.25) is 0 Å². The molecule has 6 heteroatoms. The van der Waals surface area contributed by atoms with Gasteiger partial charge in [0, 0.05) is 23.1 Å². The van der Waals surface area contributed by atoms with Crippen molar-refractivity contribution in [3.05, 3.63) is 77.1 Å². The first kappa shape index (κ1) is 15.1. The Morgan fingerprint density at radius 3 is 2.65 bits per heavy atom. The molecule has 0 radical (unpaired) electrons. The number of nitrogens with two attached hydrogens (primary N) is 1. The van der Waals surface area contributed by atoms with Gasteiger partial charge >= 0.3 is 5.97 Å². The number of rotatable bonds is 4. The molecule has 1 heterocycles. The van der Waals surface area contributed by atoms with Gasteiger partial charge in [0.05, 0.1) is 11.3 Å². The number of nitrogens with zero attached hydrogens (tertiary/aromatic N) is 2. The van der Waals surface area contributed by atoms with E-state index < -0.39 is 5.97 Å². The molecular weight excluding hydrogens is 314 g/mol. The highest BCUT2D eigenvalue weighted by atomic mass is 35.5. The van der Waals surface area contributed by atoms with Crippen molar-refractivity contribution < 1.29 is 9.53 Å². The lowest BCUT2D eigenvalue weighted by Crippen LogP contribution is -2.08. The van der Waals surface area contributed by atoms with Crippen LogP contribution in [0, 0.1) is 0 Å². The third-order valence-corrected chi connectivity index (χ3v) is 3.54. The Balaban J connectivity index is 1.65. The SMILES string of the molecule is Nc1cc(Cl)ccc1C(=O)OCc1ccc(-n2cccn2)cc1. The van der Waals surface area contributed by atoms with Gasteiger partial charge in [-0.1, -0.05) is 23.7 Å². The fraction of sp³-hybridized carbons (Fsp3) is 0.0588. The molecule has 1 aromatic heterocycles. The molecule has 0 aliphatic rings. The molecule has 0 unspecified atom stereocenters. The van der Waals surface area contributed by atoms with Gasteiger partial charge in [-0.05, 0) is 42.0 Å². The van der Waals surface area contributed by atoms with E-state index in [0.717, 1.165) is 11.3 Å². The summed E-state index contributed by atoms with van der Waals surface area (Å²) in [5.74, 6) is -0.477. The Morgan fingerprint density at radius 1 is 1.22 bits per heavy atom. The van der Waals surface area contributed by atoms with Gasteiger partial charge < -0.3 is 10.5 Å². The summed E-state index contributed by atoms with van der Waals surface area (Å²) in [6.07, 6.45) is 3.57. The van der Waals surface area contributed by atoms with Crippen molar-refractivity contribution in [1.29, 1.82) is 0 Å². The maximum Gasteiger partial charge on any atom is 0.340 e. The molecule has 0 amide bonds. The zero-order valence-corrected chi connectivity index (χ0v) is 12.9. The number of carbonyl (C=O) groups is 1. The molecule has 116 valence electrons. The number of ether oxygens (including phenoxy) is 1. The Kier molecular flexibility index (Phi) is 4.30. The van der Waals surface area contributed by atoms with Crippen LogP contribution in [-0.2, 0) is 11.3 Å². The second-order valence-corrected chi connectivity index (χ2v) is 5.36. The number of hydrogen-bond donors (Lipinski definition) is 1. The van der Waals surface area contributed by atoms with Crippen LogP contribution in [0.3, 0.4) is 0 Å². The molecule has 2 aromatic carbocycles. The van der Waals surface area contributed by atoms with E-state index in [2.05, 4.69) is 5.10 Å². The fourth-order valence-corrected chi connectivity index (χ4v) is 2.29. The number of anilines is 1. The monoisotopic (exact) mass is 327 g/mol. The molecule has 0 saturated heterocycles. The number of nitrogen functional groups attached to an aromatic ring is 1. The Hall–Kier alpha value is -2.79. The van der Waals surface area contributed by atoms with Crippen molar-refractivity contribution in [2.45, 2.75) is 6.61 Å². The predicted molar refractivity (Wildman–Crippen MR) is 88.5 cm³/mol. The maximum atomic E-state index is 12.0. The molecule has 0 bridgehead atoms. The van der Waals surface area contributed by atoms with E-state index in [4.69, 9.17) is 22.1 Å². The topological polar surface area (TPSA) is 70.1 Å². The molecular formula is C17H14ClN3O2. The molecule has 0 atom stereocenters. The average molecular weight is 328 g/mol. The molecule has 0 fully saturated rings. The number of halogens is 1. The van der Waals surface area contributed by atoms with Crippen LogP contribution in [0.1, 0.15) is 15.9 Å². The first-order valence-corrected chi connectivity index (χ1v) is 7.32. The van der Waals surface area contributed by atoms with E-state index in [1.54, 1.807) is 23.0 Å². The largest absolute Gasteiger partial charge is 0.457 e. The first-order valence-electron chi connectivity index (χ1n) is 6.94. The first-order chi connectivity index (χ1) is 11.1. The highest BCUT2D eigenvalue weighted by Crippen LogP contribution is 2.19. The summed E-state index contributed by atoms with van der Waals surface area (Å²) in [5.41, 5.74) is 8.19. The van der Waals surface area contributed by atoms with Crippen LogP contribution in [0.5, 0.6) is 0 Å². The number of benzene rings is 2. The van der Waals surface area contributed by atoms with Crippen LogP contribution < -0.4 is 5.73 Å². The van der Waals surface area contributed by atoms with E-state index >= 15 is 0 Å². The van der Waals surface area contributed by atoms with Crippen molar-refractivity contribution in [1.82, 2.24) is 9.78 Å². The van der Waals surface area contributed by atoms with Gasteiger partial charge in [-0.15, -0.1) is 0 Å². The highest BCUT2D eigenvalue weighted by molar-refractivity contribution is 6.31. The maximum absolute atomic E-state index is 12.0. The van der Waals surface area contributed by atoms with Gasteiger partial charge in [-0.25, -0.2) is 9.48 Å². The standard InChI is InChI=1S/C17H14ClN3O2/c18-13-4-7-15(16(19)10-13)17(22)23-11-12-2-5-14(6-3-12)21-9-1-8-20-21/h1-10H,11,19H2. The van der Waals surface area contributed by atoms with E-state index in [9.17, 15) is 4.79 Å². The van der Waals surface area contributed by atoms with E-state index in [0.29, 0.717) is 16.3 Å². The predicted octanol–water partition coefficient (Wildman–Crippen LogP) is 3.46. The molecule has 0 aliphatic carbocycles. The Morgan fingerprint density at radius 2 is 2.00 bits per heavy atom. The number of carbonyl (C=O) groups excluding carboxylic acids is 1. The summed E-state index contributed by atoms with van der Waals surface area (Å²) in [6, 6.07) is 14.1. The number of aromatic nitrogens is 2. The van der Waals surface area contributed by atoms with Crippen LogP contribution in [0.2, 0.25) is 5.02 Å². The molecule has 3 rings (SSSR count). The van der Waals surface area contributed by atoms with Gasteiger partial charge in [0.25, 0.3) is 0 Å². The minimum Gasteiger partial charge on any atom is -0.457 e. The van der Waals surface area contributed by atoms with Crippen molar-refractivity contribution in [2.75, 3.05) is 5.73 Å². The van der Waals surface area contributed by atoms with Gasteiger partial charge in [0.15, 0.2) is 0 Å². The molecule has 2 N–H and O–H groups in total. The van der Waals surface area contributed by atoms with Crippen molar-refractivity contribution in [3.8, 4) is 5.69 Å². The number of hydrogen-bond acceptors (Lipinski definition) is 4. The van der Waals surface area contributed by atoms with Gasteiger partial charge in [-0.2, -0.15) is 5.10 Å². The zero-order valence-electron chi connectivity index (χ0n) is 12.1. The minimum absolute atomic E-state index is 0.167. The van der Waals surface area contributed by atoms with Crippen LogP contribution in [0.4, 0.5) is 5.69 Å². The van der Waals surface area contributed by atoms with E-state index in [1.807, 2.05) is 36.5 Å². The summed E-state index contributed by atoms with van der Waals surface area (Å²) < 4.78 is 7.04. The average Bonchev–Trinajstić information content (AvgIpc) is 3.07. The third-order valence-electron chi connectivity index (χ3n) is 3.31. The lowest BCUT2D eigenvalue weighted by molar-refractivity contribution is 0.0474. The second-order valence-electron chi connectivity index (χ2n) is 4.92. The Bertz CT molecular complexity index is 814. The zero-order chi connectivity index (χ0) is 16.2. The van der Waals surface area contributed by atoms with E-state index in [1.165, 1.54) is 6.07 Å². The Labute approximate surface area is 138 Å². The quantitative estimate of drug-likeness (QED) is 0.588.